The van der Waals surface area contributed by atoms with Crippen LogP contribution in [0.4, 0.5) is 0 Å². The molecule has 7 heteroatoms. The van der Waals surface area contributed by atoms with Crippen LogP contribution in [0, 0.1) is 0 Å². The molecule has 2 aromatic heterocycles. The lowest BCUT2D eigenvalue weighted by molar-refractivity contribution is 0.725. The lowest BCUT2D eigenvalue weighted by Crippen LogP contribution is -2.36. The van der Waals surface area contributed by atoms with Gasteiger partial charge in [-0.25, -0.2) is 9.97 Å². The Morgan fingerprint density at radius 2 is 2.14 bits per heavy atom. The number of nitrogens with one attached hydrogen (secondary N) is 2. The Bertz CT molecular complexity index is 598. The molecule has 0 fully saturated rings. The first-order valence-corrected chi connectivity index (χ1v) is 7.83. The minimum atomic E-state index is 0.468. The molecule has 0 bridgehead atoms. The van der Waals surface area contributed by atoms with Gasteiger partial charge in [0, 0.05) is 31.9 Å². The SMILES string of the molecule is CN=C(NCc1nc(C(C)C)cs1)NCc1nccn1C. The van der Waals surface area contributed by atoms with E-state index in [2.05, 4.69) is 44.8 Å². The third-order valence-corrected chi connectivity index (χ3v) is 3.99. The Morgan fingerprint density at radius 1 is 1.38 bits per heavy atom. The summed E-state index contributed by atoms with van der Waals surface area (Å²) in [6.07, 6.45) is 3.71. The van der Waals surface area contributed by atoms with Crippen LogP contribution in [0.3, 0.4) is 0 Å². The summed E-state index contributed by atoms with van der Waals surface area (Å²) in [5.41, 5.74) is 1.15. The molecule has 2 aromatic rings. The highest BCUT2D eigenvalue weighted by Gasteiger charge is 2.07. The highest BCUT2D eigenvalue weighted by Crippen LogP contribution is 2.17. The third kappa shape index (κ3) is 4.29. The Morgan fingerprint density at radius 3 is 2.71 bits per heavy atom. The van der Waals surface area contributed by atoms with Crippen molar-refractivity contribution in [2.75, 3.05) is 7.05 Å². The van der Waals surface area contributed by atoms with Gasteiger partial charge >= 0.3 is 0 Å². The molecule has 0 saturated heterocycles. The van der Waals surface area contributed by atoms with Crippen LogP contribution in [0.5, 0.6) is 0 Å². The first-order chi connectivity index (χ1) is 10.1. The van der Waals surface area contributed by atoms with E-state index in [0.29, 0.717) is 19.0 Å². The summed E-state index contributed by atoms with van der Waals surface area (Å²) in [4.78, 5) is 13.1. The van der Waals surface area contributed by atoms with Crippen molar-refractivity contribution in [3.63, 3.8) is 0 Å². The zero-order chi connectivity index (χ0) is 15.2. The molecule has 0 aliphatic carbocycles. The maximum absolute atomic E-state index is 4.60. The summed E-state index contributed by atoms with van der Waals surface area (Å²) >= 11 is 1.68. The van der Waals surface area contributed by atoms with E-state index < -0.39 is 0 Å². The second kappa shape index (κ2) is 7.21. The van der Waals surface area contributed by atoms with E-state index in [1.54, 1.807) is 24.6 Å². The van der Waals surface area contributed by atoms with Gasteiger partial charge in [-0.1, -0.05) is 13.8 Å². The lowest BCUT2D eigenvalue weighted by Gasteiger charge is -2.10. The molecule has 0 aromatic carbocycles. The van der Waals surface area contributed by atoms with Crippen LogP contribution in [0.25, 0.3) is 0 Å². The van der Waals surface area contributed by atoms with Crippen LogP contribution in [0.2, 0.25) is 0 Å². The zero-order valence-electron chi connectivity index (χ0n) is 12.9. The van der Waals surface area contributed by atoms with Crippen LogP contribution < -0.4 is 10.6 Å². The number of hydrogen-bond donors (Lipinski definition) is 2. The molecule has 0 spiro atoms. The summed E-state index contributed by atoms with van der Waals surface area (Å²) in [6, 6.07) is 0. The van der Waals surface area contributed by atoms with Gasteiger partial charge in [0.25, 0.3) is 0 Å². The number of aryl methyl sites for hydroxylation is 1. The number of hydrogen-bond acceptors (Lipinski definition) is 4. The van der Waals surface area contributed by atoms with E-state index in [0.717, 1.165) is 22.5 Å². The second-order valence-corrected chi connectivity index (χ2v) is 6.00. The van der Waals surface area contributed by atoms with Crippen molar-refractivity contribution in [3.8, 4) is 0 Å². The average Bonchev–Trinajstić information content (AvgIpc) is 3.08. The van der Waals surface area contributed by atoms with Gasteiger partial charge in [0.15, 0.2) is 5.96 Å². The van der Waals surface area contributed by atoms with Crippen LogP contribution in [0.1, 0.15) is 36.3 Å². The Labute approximate surface area is 129 Å². The van der Waals surface area contributed by atoms with E-state index in [9.17, 15) is 0 Å². The van der Waals surface area contributed by atoms with Gasteiger partial charge in [-0.15, -0.1) is 11.3 Å². The topological polar surface area (TPSA) is 67.1 Å². The Balaban J connectivity index is 1.83. The fraction of sp³-hybridized carbons (Fsp3) is 0.500. The highest BCUT2D eigenvalue weighted by molar-refractivity contribution is 7.09. The van der Waals surface area contributed by atoms with E-state index in [4.69, 9.17) is 0 Å². The molecule has 0 amide bonds. The molecule has 2 heterocycles. The van der Waals surface area contributed by atoms with Gasteiger partial charge in [0.2, 0.25) is 0 Å². The first kappa shape index (κ1) is 15.5. The summed E-state index contributed by atoms with van der Waals surface area (Å²) in [6.45, 7) is 5.62. The normalized spacial score (nSPS) is 12.0. The number of aromatic nitrogens is 3. The fourth-order valence-electron chi connectivity index (χ4n) is 1.78. The van der Waals surface area contributed by atoms with Crippen molar-refractivity contribution in [3.05, 3.63) is 34.3 Å². The van der Waals surface area contributed by atoms with Crippen LogP contribution in [0.15, 0.2) is 22.8 Å². The minimum absolute atomic E-state index is 0.468. The van der Waals surface area contributed by atoms with Crippen molar-refractivity contribution in [1.82, 2.24) is 25.2 Å². The smallest absolute Gasteiger partial charge is 0.191 e. The molecule has 2 N–H and O–H groups in total. The predicted octanol–water partition coefficient (Wildman–Crippen LogP) is 1.87. The molecule has 6 nitrogen and oxygen atoms in total. The average molecular weight is 306 g/mol. The summed E-state index contributed by atoms with van der Waals surface area (Å²) < 4.78 is 1.98. The van der Waals surface area contributed by atoms with Gasteiger partial charge < -0.3 is 15.2 Å². The number of rotatable bonds is 5. The third-order valence-electron chi connectivity index (χ3n) is 3.13. The first-order valence-electron chi connectivity index (χ1n) is 6.95. The molecule has 114 valence electrons. The number of guanidine groups is 1. The van der Waals surface area contributed by atoms with Crippen LogP contribution in [-0.4, -0.2) is 27.5 Å². The molecule has 0 saturated carbocycles. The fourth-order valence-corrected chi connectivity index (χ4v) is 2.68. The number of aliphatic imine (C=N–C) groups is 1. The van der Waals surface area contributed by atoms with Crippen molar-refractivity contribution in [2.45, 2.75) is 32.9 Å². The van der Waals surface area contributed by atoms with Crippen molar-refractivity contribution in [2.24, 2.45) is 12.0 Å². The van der Waals surface area contributed by atoms with Gasteiger partial charge in [0.05, 0.1) is 18.8 Å². The number of imidazole rings is 1. The molecular formula is C14H22N6S. The molecule has 0 aliphatic heterocycles. The lowest BCUT2D eigenvalue weighted by atomic mass is 10.2. The molecular weight excluding hydrogens is 284 g/mol. The molecule has 2 rings (SSSR count). The Kier molecular flexibility index (Phi) is 5.32. The van der Waals surface area contributed by atoms with Gasteiger partial charge in [-0.05, 0) is 5.92 Å². The number of nitrogens with zero attached hydrogens (tertiary/aromatic N) is 4. The van der Waals surface area contributed by atoms with Gasteiger partial charge in [0.1, 0.15) is 10.8 Å². The van der Waals surface area contributed by atoms with E-state index in [-0.39, 0.29) is 0 Å². The molecule has 0 atom stereocenters. The summed E-state index contributed by atoms with van der Waals surface area (Å²) in [5, 5.41) is 9.70. The molecule has 21 heavy (non-hydrogen) atoms. The maximum Gasteiger partial charge on any atom is 0.191 e. The minimum Gasteiger partial charge on any atom is -0.350 e. The zero-order valence-corrected chi connectivity index (χ0v) is 13.7. The van der Waals surface area contributed by atoms with Crippen LogP contribution in [-0.2, 0) is 20.1 Å². The molecule has 0 radical (unpaired) electrons. The Hall–Kier alpha value is -1.89. The van der Waals surface area contributed by atoms with E-state index in [1.807, 2.05) is 17.8 Å². The van der Waals surface area contributed by atoms with Crippen molar-refractivity contribution >= 4 is 17.3 Å². The van der Waals surface area contributed by atoms with E-state index >= 15 is 0 Å². The highest BCUT2D eigenvalue weighted by atomic mass is 32.1. The van der Waals surface area contributed by atoms with Gasteiger partial charge in [-0.2, -0.15) is 0 Å². The summed E-state index contributed by atoms with van der Waals surface area (Å²) in [7, 11) is 3.73. The monoisotopic (exact) mass is 306 g/mol. The van der Waals surface area contributed by atoms with Crippen molar-refractivity contribution < 1.29 is 0 Å². The van der Waals surface area contributed by atoms with Crippen molar-refractivity contribution in [1.29, 1.82) is 0 Å². The standard InChI is InChI=1S/C14H22N6S/c1-10(2)11-9-21-13(19-11)8-18-14(15-3)17-7-12-16-5-6-20(12)4/h5-6,9-10H,7-8H2,1-4H3,(H2,15,17,18). The van der Waals surface area contributed by atoms with Gasteiger partial charge in [-0.3, -0.25) is 4.99 Å². The molecule has 0 aliphatic rings. The van der Waals surface area contributed by atoms with Crippen LogP contribution >= 0.6 is 11.3 Å². The largest absolute Gasteiger partial charge is 0.350 e. The van der Waals surface area contributed by atoms with E-state index in [1.165, 1.54) is 0 Å². The predicted molar refractivity (Wildman–Crippen MR) is 86.4 cm³/mol. The molecule has 0 unspecified atom stereocenters. The maximum atomic E-state index is 4.60. The summed E-state index contributed by atoms with van der Waals surface area (Å²) in [5.74, 6) is 2.18. The quantitative estimate of drug-likeness (QED) is 0.654. The second-order valence-electron chi connectivity index (χ2n) is 5.05. The number of thiazole rings is 1.